The van der Waals surface area contributed by atoms with E-state index in [-0.39, 0.29) is 29.4 Å². The molecule has 2 aromatic rings. The lowest BCUT2D eigenvalue weighted by Crippen LogP contribution is -2.37. The number of carbonyl (C=O) groups is 2. The molecular weight excluding hydrogens is 261 g/mol. The van der Waals surface area contributed by atoms with Gasteiger partial charge in [-0.05, 0) is 23.8 Å². The van der Waals surface area contributed by atoms with Crippen molar-refractivity contribution in [2.75, 3.05) is 0 Å². The van der Waals surface area contributed by atoms with Crippen molar-refractivity contribution in [1.82, 2.24) is 5.32 Å². The highest BCUT2D eigenvalue weighted by molar-refractivity contribution is 6.11. The van der Waals surface area contributed by atoms with Crippen LogP contribution in [0.1, 0.15) is 15.9 Å². The number of hydrogen-bond acceptors (Lipinski definition) is 3. The van der Waals surface area contributed by atoms with Crippen molar-refractivity contribution >= 4 is 11.8 Å². The number of fused-ring (bicyclic) bond motifs is 1. The third-order valence-electron chi connectivity index (χ3n) is 3.00. The largest absolute Gasteiger partial charge is 0.453 e. The Morgan fingerprint density at radius 3 is 2.55 bits per heavy atom. The third kappa shape index (κ3) is 2.14. The van der Waals surface area contributed by atoms with Crippen molar-refractivity contribution in [2.24, 2.45) is 0 Å². The zero-order valence-corrected chi connectivity index (χ0v) is 10.4. The van der Waals surface area contributed by atoms with Crippen LogP contribution in [0.5, 0.6) is 11.5 Å². The summed E-state index contributed by atoms with van der Waals surface area (Å²) in [5.74, 6) is -1.13. The molecule has 4 nitrogen and oxygen atoms in total. The molecule has 0 saturated heterocycles. The van der Waals surface area contributed by atoms with E-state index in [1.807, 2.05) is 0 Å². The summed E-state index contributed by atoms with van der Waals surface area (Å²) in [6.07, 6.45) is 0.107. The average molecular weight is 271 g/mol. The standard InChI is InChI=1S/C15H10FNO3/c16-10-5-1-2-6-11(10)20-12-7-3-4-9-8-13(18)17-15(19)14(9)12/h1-7H,8H2,(H,17,18,19). The van der Waals surface area contributed by atoms with E-state index in [2.05, 4.69) is 5.32 Å². The van der Waals surface area contributed by atoms with Gasteiger partial charge in [-0.1, -0.05) is 24.3 Å². The molecule has 0 atom stereocenters. The summed E-state index contributed by atoms with van der Waals surface area (Å²) in [7, 11) is 0. The van der Waals surface area contributed by atoms with E-state index in [4.69, 9.17) is 4.74 Å². The van der Waals surface area contributed by atoms with Crippen molar-refractivity contribution in [2.45, 2.75) is 6.42 Å². The van der Waals surface area contributed by atoms with Gasteiger partial charge >= 0.3 is 0 Å². The van der Waals surface area contributed by atoms with Crippen LogP contribution in [-0.4, -0.2) is 11.8 Å². The second-order valence-electron chi connectivity index (χ2n) is 4.38. The lowest BCUT2D eigenvalue weighted by Gasteiger charge is -2.18. The lowest BCUT2D eigenvalue weighted by atomic mass is 9.99. The van der Waals surface area contributed by atoms with Crippen LogP contribution in [0.15, 0.2) is 42.5 Å². The zero-order valence-electron chi connectivity index (χ0n) is 10.4. The molecule has 20 heavy (non-hydrogen) atoms. The summed E-state index contributed by atoms with van der Waals surface area (Å²) in [5, 5.41) is 2.22. The predicted molar refractivity (Wildman–Crippen MR) is 69.1 cm³/mol. The van der Waals surface area contributed by atoms with Crippen LogP contribution < -0.4 is 10.1 Å². The van der Waals surface area contributed by atoms with Gasteiger partial charge in [-0.25, -0.2) is 4.39 Å². The maximum absolute atomic E-state index is 13.6. The number of imide groups is 1. The van der Waals surface area contributed by atoms with Gasteiger partial charge in [0, 0.05) is 0 Å². The highest BCUT2D eigenvalue weighted by Gasteiger charge is 2.26. The third-order valence-corrected chi connectivity index (χ3v) is 3.00. The van der Waals surface area contributed by atoms with Crippen molar-refractivity contribution in [3.63, 3.8) is 0 Å². The molecule has 0 bridgehead atoms. The van der Waals surface area contributed by atoms with Crippen LogP contribution in [0.3, 0.4) is 0 Å². The van der Waals surface area contributed by atoms with Crippen LogP contribution in [-0.2, 0) is 11.2 Å². The summed E-state index contributed by atoms with van der Waals surface area (Å²) in [6.45, 7) is 0. The van der Waals surface area contributed by atoms with Gasteiger partial charge in [-0.3, -0.25) is 14.9 Å². The Hall–Kier alpha value is -2.69. The Balaban J connectivity index is 2.04. The fourth-order valence-electron chi connectivity index (χ4n) is 2.12. The Bertz CT molecular complexity index is 712. The number of amides is 2. The fraction of sp³-hybridized carbons (Fsp3) is 0.0667. The van der Waals surface area contributed by atoms with Gasteiger partial charge in [0.25, 0.3) is 5.91 Å². The van der Waals surface area contributed by atoms with Gasteiger partial charge in [-0.2, -0.15) is 0 Å². The molecule has 1 heterocycles. The van der Waals surface area contributed by atoms with Gasteiger partial charge in [0.1, 0.15) is 5.75 Å². The van der Waals surface area contributed by atoms with E-state index in [1.165, 1.54) is 12.1 Å². The van der Waals surface area contributed by atoms with Crippen LogP contribution in [0.2, 0.25) is 0 Å². The second-order valence-corrected chi connectivity index (χ2v) is 4.38. The minimum absolute atomic E-state index is 0.0330. The topological polar surface area (TPSA) is 55.4 Å². The fourth-order valence-corrected chi connectivity index (χ4v) is 2.12. The molecule has 0 saturated carbocycles. The molecule has 0 radical (unpaired) electrons. The van der Waals surface area contributed by atoms with Crippen molar-refractivity contribution < 1.29 is 18.7 Å². The molecule has 2 aromatic carbocycles. The number of carbonyl (C=O) groups excluding carboxylic acids is 2. The number of rotatable bonds is 2. The van der Waals surface area contributed by atoms with Crippen LogP contribution in [0, 0.1) is 5.82 Å². The predicted octanol–water partition coefficient (Wildman–Crippen LogP) is 2.43. The van der Waals surface area contributed by atoms with Crippen LogP contribution >= 0.6 is 0 Å². The maximum Gasteiger partial charge on any atom is 0.261 e. The van der Waals surface area contributed by atoms with Gasteiger partial charge in [0.05, 0.1) is 12.0 Å². The van der Waals surface area contributed by atoms with Crippen molar-refractivity contribution in [3.8, 4) is 11.5 Å². The van der Waals surface area contributed by atoms with Gasteiger partial charge in [0.2, 0.25) is 5.91 Å². The number of para-hydroxylation sites is 1. The molecule has 5 heteroatoms. The molecule has 1 N–H and O–H groups in total. The lowest BCUT2D eigenvalue weighted by molar-refractivity contribution is -0.119. The van der Waals surface area contributed by atoms with Gasteiger partial charge in [0.15, 0.2) is 11.6 Å². The summed E-state index contributed by atoms with van der Waals surface area (Å²) in [5.41, 5.74) is 0.850. The zero-order chi connectivity index (χ0) is 14.1. The number of ether oxygens (including phenoxy) is 1. The average Bonchev–Trinajstić information content (AvgIpc) is 2.41. The summed E-state index contributed by atoms with van der Waals surface area (Å²) >= 11 is 0. The molecule has 0 aromatic heterocycles. The minimum atomic E-state index is -0.525. The van der Waals surface area contributed by atoms with Crippen LogP contribution in [0.4, 0.5) is 4.39 Å². The maximum atomic E-state index is 13.6. The Morgan fingerprint density at radius 1 is 1.00 bits per heavy atom. The molecular formula is C15H10FNO3. The minimum Gasteiger partial charge on any atom is -0.453 e. The SMILES string of the molecule is O=C1Cc2cccc(Oc3ccccc3F)c2C(=O)N1. The highest BCUT2D eigenvalue weighted by Crippen LogP contribution is 2.30. The Kier molecular flexibility index (Phi) is 2.95. The number of nitrogens with one attached hydrogen (secondary N) is 1. The molecule has 100 valence electrons. The van der Waals surface area contributed by atoms with E-state index in [9.17, 15) is 14.0 Å². The summed E-state index contributed by atoms with van der Waals surface area (Å²) in [4.78, 5) is 23.2. The Labute approximate surface area is 114 Å². The molecule has 0 unspecified atom stereocenters. The van der Waals surface area contributed by atoms with Gasteiger partial charge in [-0.15, -0.1) is 0 Å². The van der Waals surface area contributed by atoms with E-state index in [1.54, 1.807) is 30.3 Å². The Morgan fingerprint density at radius 2 is 1.75 bits per heavy atom. The molecule has 3 rings (SSSR count). The summed E-state index contributed by atoms with van der Waals surface area (Å²) in [6, 6.07) is 10.8. The second kappa shape index (κ2) is 4.77. The van der Waals surface area contributed by atoms with Crippen LogP contribution in [0.25, 0.3) is 0 Å². The van der Waals surface area contributed by atoms with Crippen molar-refractivity contribution in [1.29, 1.82) is 0 Å². The number of hydrogen-bond donors (Lipinski definition) is 1. The van der Waals surface area contributed by atoms with Gasteiger partial charge < -0.3 is 4.74 Å². The first kappa shape index (κ1) is 12.3. The first-order valence-electron chi connectivity index (χ1n) is 6.03. The molecule has 1 aliphatic heterocycles. The number of benzene rings is 2. The van der Waals surface area contributed by atoms with E-state index in [0.29, 0.717) is 5.56 Å². The highest BCUT2D eigenvalue weighted by atomic mass is 19.1. The van der Waals surface area contributed by atoms with E-state index in [0.717, 1.165) is 0 Å². The van der Waals surface area contributed by atoms with Crippen molar-refractivity contribution in [3.05, 3.63) is 59.4 Å². The normalized spacial score (nSPS) is 13.7. The monoisotopic (exact) mass is 271 g/mol. The quantitative estimate of drug-likeness (QED) is 0.853. The molecule has 1 aliphatic rings. The molecule has 0 spiro atoms. The summed E-state index contributed by atoms with van der Waals surface area (Å²) < 4.78 is 19.1. The van der Waals surface area contributed by atoms with E-state index >= 15 is 0 Å². The molecule has 2 amide bonds. The smallest absolute Gasteiger partial charge is 0.261 e. The first-order valence-corrected chi connectivity index (χ1v) is 6.03. The first-order chi connectivity index (χ1) is 9.65. The van der Waals surface area contributed by atoms with E-state index < -0.39 is 11.7 Å². The number of halogens is 1. The molecule has 0 fully saturated rings. The molecule has 0 aliphatic carbocycles.